The molecule has 0 amide bonds. The molecule has 0 aliphatic carbocycles. The van der Waals surface area contributed by atoms with Crippen LogP contribution >= 0.6 is 11.6 Å². The Hall–Kier alpha value is -2.11. The summed E-state index contributed by atoms with van der Waals surface area (Å²) in [7, 11) is 1.65. The van der Waals surface area contributed by atoms with Gasteiger partial charge in [-0.05, 0) is 47.9 Å². The summed E-state index contributed by atoms with van der Waals surface area (Å²) in [5.41, 5.74) is 6.96. The van der Waals surface area contributed by atoms with Crippen molar-refractivity contribution in [1.29, 1.82) is 0 Å². The highest BCUT2D eigenvalue weighted by atomic mass is 35.5. The minimum atomic E-state index is -0.161. The van der Waals surface area contributed by atoms with Crippen LogP contribution in [0.1, 0.15) is 17.4 Å². The molecule has 6 heteroatoms. The number of hydrogen-bond acceptors (Lipinski definition) is 5. The van der Waals surface area contributed by atoms with Gasteiger partial charge >= 0.3 is 0 Å². The van der Waals surface area contributed by atoms with Crippen LogP contribution in [0.4, 0.5) is 0 Å². The van der Waals surface area contributed by atoms with E-state index >= 15 is 0 Å². The SMILES string of the molecule is COc1ccc(CCN2OC(N)=CC2c2ccc(Cl)o2)cc1. The normalized spacial score (nSPS) is 18.1. The van der Waals surface area contributed by atoms with Crippen molar-refractivity contribution in [2.45, 2.75) is 12.5 Å². The monoisotopic (exact) mass is 320 g/mol. The molecule has 0 spiro atoms. The summed E-state index contributed by atoms with van der Waals surface area (Å²) in [6.45, 7) is 0.673. The molecule has 0 saturated carbocycles. The van der Waals surface area contributed by atoms with Gasteiger partial charge < -0.3 is 19.7 Å². The first kappa shape index (κ1) is 14.8. The first-order valence-corrected chi connectivity index (χ1v) is 7.33. The fourth-order valence-electron chi connectivity index (χ4n) is 2.39. The van der Waals surface area contributed by atoms with Crippen molar-refractivity contribution in [2.75, 3.05) is 13.7 Å². The third-order valence-corrected chi connectivity index (χ3v) is 3.72. The summed E-state index contributed by atoms with van der Waals surface area (Å²) >= 11 is 5.83. The minimum Gasteiger partial charge on any atom is -0.497 e. The smallest absolute Gasteiger partial charge is 0.207 e. The zero-order valence-corrected chi connectivity index (χ0v) is 12.9. The van der Waals surface area contributed by atoms with Crippen LogP contribution in [0.25, 0.3) is 0 Å². The van der Waals surface area contributed by atoms with Gasteiger partial charge in [-0.1, -0.05) is 12.1 Å². The molecule has 1 aliphatic rings. The average molecular weight is 321 g/mol. The molecule has 22 heavy (non-hydrogen) atoms. The molecule has 1 aromatic carbocycles. The number of hydroxylamine groups is 2. The fraction of sp³-hybridized carbons (Fsp3) is 0.250. The van der Waals surface area contributed by atoms with Crippen molar-refractivity contribution in [3.8, 4) is 5.75 Å². The van der Waals surface area contributed by atoms with Gasteiger partial charge in [0.1, 0.15) is 17.6 Å². The number of benzene rings is 1. The van der Waals surface area contributed by atoms with Crippen LogP contribution in [0.3, 0.4) is 0 Å². The van der Waals surface area contributed by atoms with Gasteiger partial charge in [0, 0.05) is 12.6 Å². The van der Waals surface area contributed by atoms with E-state index in [1.54, 1.807) is 18.2 Å². The van der Waals surface area contributed by atoms with Crippen molar-refractivity contribution < 1.29 is 14.0 Å². The summed E-state index contributed by atoms with van der Waals surface area (Å²) in [6.07, 6.45) is 2.62. The molecule has 0 bridgehead atoms. The quantitative estimate of drug-likeness (QED) is 0.916. The Labute approximate surface area is 133 Å². The van der Waals surface area contributed by atoms with E-state index in [0.717, 1.165) is 12.2 Å². The Morgan fingerprint density at radius 2 is 2.00 bits per heavy atom. The molecule has 1 aromatic heterocycles. The summed E-state index contributed by atoms with van der Waals surface area (Å²) in [6, 6.07) is 11.3. The van der Waals surface area contributed by atoms with E-state index in [4.69, 9.17) is 31.3 Å². The lowest BCUT2D eigenvalue weighted by Gasteiger charge is -2.21. The van der Waals surface area contributed by atoms with Crippen LogP contribution in [0.15, 0.2) is 52.8 Å². The van der Waals surface area contributed by atoms with Gasteiger partial charge in [-0.2, -0.15) is 0 Å². The lowest BCUT2D eigenvalue weighted by molar-refractivity contribution is -0.122. The molecule has 2 N–H and O–H groups in total. The van der Waals surface area contributed by atoms with E-state index in [1.807, 2.05) is 36.4 Å². The molecule has 5 nitrogen and oxygen atoms in total. The topological polar surface area (TPSA) is 60.9 Å². The molecule has 3 rings (SSSR count). The van der Waals surface area contributed by atoms with Gasteiger partial charge in [0.2, 0.25) is 5.88 Å². The molecule has 1 atom stereocenters. The van der Waals surface area contributed by atoms with Gasteiger partial charge in [-0.3, -0.25) is 0 Å². The van der Waals surface area contributed by atoms with Crippen LogP contribution in [0.5, 0.6) is 5.75 Å². The van der Waals surface area contributed by atoms with Gasteiger partial charge in [-0.15, -0.1) is 5.06 Å². The molecule has 0 saturated heterocycles. The van der Waals surface area contributed by atoms with E-state index in [9.17, 15) is 0 Å². The molecule has 1 unspecified atom stereocenters. The van der Waals surface area contributed by atoms with Crippen molar-refractivity contribution in [3.63, 3.8) is 0 Å². The first-order valence-electron chi connectivity index (χ1n) is 6.96. The molecule has 1 aliphatic heterocycles. The predicted octanol–water partition coefficient (Wildman–Crippen LogP) is 3.27. The summed E-state index contributed by atoms with van der Waals surface area (Å²) in [5.74, 6) is 1.92. The highest BCUT2D eigenvalue weighted by Crippen LogP contribution is 2.32. The molecule has 0 fully saturated rings. The third-order valence-electron chi connectivity index (χ3n) is 3.52. The van der Waals surface area contributed by atoms with E-state index in [-0.39, 0.29) is 6.04 Å². The Morgan fingerprint density at radius 1 is 1.23 bits per heavy atom. The van der Waals surface area contributed by atoms with E-state index in [0.29, 0.717) is 23.4 Å². The van der Waals surface area contributed by atoms with Crippen LogP contribution in [-0.2, 0) is 11.3 Å². The molecule has 2 heterocycles. The zero-order valence-electron chi connectivity index (χ0n) is 12.2. The Bertz CT molecular complexity index is 666. The first-order chi connectivity index (χ1) is 10.7. The molecule has 116 valence electrons. The van der Waals surface area contributed by atoms with Crippen LogP contribution in [0.2, 0.25) is 5.22 Å². The number of hydrogen-bond donors (Lipinski definition) is 1. The lowest BCUT2D eigenvalue weighted by Crippen LogP contribution is -2.25. The maximum absolute atomic E-state index is 5.83. The highest BCUT2D eigenvalue weighted by Gasteiger charge is 2.29. The summed E-state index contributed by atoms with van der Waals surface area (Å²) in [5, 5.41) is 2.14. The second-order valence-electron chi connectivity index (χ2n) is 4.99. The standard InChI is InChI=1S/C16H17ClN2O3/c1-20-12-4-2-11(3-5-12)8-9-19-13(10-16(18)22-19)14-6-7-15(17)21-14/h2-7,10,13H,8-9,18H2,1H3. The fourth-order valence-corrected chi connectivity index (χ4v) is 2.54. The molecular formula is C16H17ClN2O3. The molecular weight excluding hydrogens is 304 g/mol. The van der Waals surface area contributed by atoms with E-state index in [1.165, 1.54) is 5.56 Å². The van der Waals surface area contributed by atoms with Crippen LogP contribution in [0, 0.1) is 0 Å². The molecule has 2 aromatic rings. The van der Waals surface area contributed by atoms with Crippen molar-refractivity contribution >= 4 is 11.6 Å². The minimum absolute atomic E-state index is 0.161. The number of nitrogens with two attached hydrogens (primary N) is 1. The van der Waals surface area contributed by atoms with Gasteiger partial charge in [0.15, 0.2) is 5.22 Å². The lowest BCUT2D eigenvalue weighted by atomic mass is 10.1. The van der Waals surface area contributed by atoms with Crippen LogP contribution in [-0.4, -0.2) is 18.7 Å². The number of nitrogens with zero attached hydrogens (tertiary/aromatic N) is 1. The largest absolute Gasteiger partial charge is 0.497 e. The number of methoxy groups -OCH3 is 1. The Balaban J connectivity index is 1.66. The second-order valence-corrected chi connectivity index (χ2v) is 5.36. The van der Waals surface area contributed by atoms with Gasteiger partial charge in [-0.25, -0.2) is 0 Å². The summed E-state index contributed by atoms with van der Waals surface area (Å²) < 4.78 is 10.6. The average Bonchev–Trinajstić information content (AvgIpc) is 3.11. The molecule has 0 radical (unpaired) electrons. The maximum Gasteiger partial charge on any atom is 0.207 e. The Morgan fingerprint density at radius 3 is 2.64 bits per heavy atom. The van der Waals surface area contributed by atoms with Crippen molar-refractivity contribution in [1.82, 2.24) is 5.06 Å². The highest BCUT2D eigenvalue weighted by molar-refractivity contribution is 6.28. The van der Waals surface area contributed by atoms with E-state index in [2.05, 4.69) is 0 Å². The Kier molecular flexibility index (Phi) is 4.27. The number of halogens is 1. The number of ether oxygens (including phenoxy) is 1. The number of rotatable bonds is 5. The number of furan rings is 1. The van der Waals surface area contributed by atoms with Crippen LogP contribution < -0.4 is 10.5 Å². The van der Waals surface area contributed by atoms with Gasteiger partial charge in [0.05, 0.1) is 7.11 Å². The predicted molar refractivity (Wildman–Crippen MR) is 83.2 cm³/mol. The summed E-state index contributed by atoms with van der Waals surface area (Å²) in [4.78, 5) is 5.55. The van der Waals surface area contributed by atoms with Gasteiger partial charge in [0.25, 0.3) is 0 Å². The second kappa shape index (κ2) is 6.34. The zero-order chi connectivity index (χ0) is 15.5. The third kappa shape index (κ3) is 3.21. The maximum atomic E-state index is 5.83. The van der Waals surface area contributed by atoms with E-state index < -0.39 is 0 Å². The van der Waals surface area contributed by atoms with Crippen molar-refractivity contribution in [2.24, 2.45) is 5.73 Å². The van der Waals surface area contributed by atoms with Crippen molar-refractivity contribution in [3.05, 3.63) is 64.9 Å².